The Morgan fingerprint density at radius 1 is 1.27 bits per heavy atom. The van der Waals surface area contributed by atoms with Crippen molar-refractivity contribution in [2.45, 2.75) is 43.7 Å². The van der Waals surface area contributed by atoms with E-state index in [1.807, 2.05) is 11.8 Å². The Hall–Kier alpha value is -0.970. The zero-order valence-electron chi connectivity index (χ0n) is 12.9. The van der Waals surface area contributed by atoms with Crippen LogP contribution in [0, 0.1) is 0 Å². The molecule has 1 fully saturated rings. The van der Waals surface area contributed by atoms with E-state index in [0.29, 0.717) is 6.04 Å². The van der Waals surface area contributed by atoms with Gasteiger partial charge in [-0.2, -0.15) is 11.8 Å². The average molecular weight is 316 g/mol. The first-order valence-electron chi connectivity index (χ1n) is 8.35. The number of para-hydroxylation sites is 1. The fraction of sp³-hybridized carbons (Fsp3) is 0.556. The summed E-state index contributed by atoms with van der Waals surface area (Å²) in [5.74, 6) is 2.19. The van der Waals surface area contributed by atoms with E-state index < -0.39 is 5.60 Å². The van der Waals surface area contributed by atoms with Gasteiger partial charge in [0.05, 0.1) is 5.60 Å². The summed E-state index contributed by atoms with van der Waals surface area (Å²) in [4.78, 5) is 3.57. The molecule has 4 heteroatoms. The number of fused-ring (bicyclic) bond motifs is 3. The van der Waals surface area contributed by atoms with Crippen LogP contribution in [-0.2, 0) is 12.8 Å². The Morgan fingerprint density at radius 3 is 2.95 bits per heavy atom. The lowest BCUT2D eigenvalue weighted by molar-refractivity contribution is 0.0291. The SMILES string of the molecule is OC1(CNC2CCc3[nH]c4ccccc4c3C2)CCSCC1. The summed E-state index contributed by atoms with van der Waals surface area (Å²) in [6.07, 6.45) is 5.19. The van der Waals surface area contributed by atoms with Crippen molar-refractivity contribution in [3.8, 4) is 0 Å². The minimum atomic E-state index is -0.480. The minimum absolute atomic E-state index is 0.480. The number of H-pyrrole nitrogens is 1. The van der Waals surface area contributed by atoms with Gasteiger partial charge in [0.1, 0.15) is 0 Å². The Labute approximate surface area is 135 Å². The quantitative estimate of drug-likeness (QED) is 0.816. The molecule has 2 heterocycles. The number of hydrogen-bond donors (Lipinski definition) is 3. The number of aromatic nitrogens is 1. The Kier molecular flexibility index (Phi) is 3.93. The van der Waals surface area contributed by atoms with Crippen LogP contribution in [0.2, 0.25) is 0 Å². The molecule has 1 unspecified atom stereocenters. The number of nitrogens with one attached hydrogen (secondary N) is 2. The Bertz CT molecular complexity index is 660. The van der Waals surface area contributed by atoms with Gasteiger partial charge in [0, 0.05) is 29.2 Å². The highest BCUT2D eigenvalue weighted by atomic mass is 32.2. The Morgan fingerprint density at radius 2 is 2.09 bits per heavy atom. The number of thioether (sulfide) groups is 1. The molecule has 2 aliphatic rings. The van der Waals surface area contributed by atoms with Gasteiger partial charge in [-0.15, -0.1) is 0 Å². The molecule has 3 N–H and O–H groups in total. The standard InChI is InChI=1S/C18H24N2OS/c21-18(7-9-22-10-8-18)12-19-13-5-6-17-15(11-13)14-3-1-2-4-16(14)20-17/h1-4,13,19-21H,5-12H2. The molecular weight excluding hydrogens is 292 g/mol. The molecule has 4 rings (SSSR count). The smallest absolute Gasteiger partial charge is 0.0787 e. The lowest BCUT2D eigenvalue weighted by Gasteiger charge is -2.34. The lowest BCUT2D eigenvalue weighted by atomic mass is 9.90. The van der Waals surface area contributed by atoms with E-state index in [2.05, 4.69) is 34.6 Å². The van der Waals surface area contributed by atoms with Gasteiger partial charge < -0.3 is 15.4 Å². The van der Waals surface area contributed by atoms with Crippen molar-refractivity contribution >= 4 is 22.7 Å². The summed E-state index contributed by atoms with van der Waals surface area (Å²) in [5, 5.41) is 15.7. The third kappa shape index (κ3) is 2.80. The normalized spacial score (nSPS) is 24.3. The molecule has 118 valence electrons. The largest absolute Gasteiger partial charge is 0.389 e. The third-order valence-electron chi connectivity index (χ3n) is 5.24. The first kappa shape index (κ1) is 14.6. The molecule has 1 aliphatic carbocycles. The first-order valence-corrected chi connectivity index (χ1v) is 9.51. The number of hydrogen-bond acceptors (Lipinski definition) is 3. The van der Waals surface area contributed by atoms with E-state index in [1.54, 1.807) is 0 Å². The molecule has 0 radical (unpaired) electrons. The van der Waals surface area contributed by atoms with Crippen LogP contribution in [0.4, 0.5) is 0 Å². The van der Waals surface area contributed by atoms with Crippen molar-refractivity contribution in [3.63, 3.8) is 0 Å². The molecule has 1 aromatic heterocycles. The summed E-state index contributed by atoms with van der Waals surface area (Å²) >= 11 is 1.96. The van der Waals surface area contributed by atoms with Crippen LogP contribution >= 0.6 is 11.8 Å². The van der Waals surface area contributed by atoms with Crippen molar-refractivity contribution in [1.82, 2.24) is 10.3 Å². The second kappa shape index (κ2) is 5.91. The van der Waals surface area contributed by atoms with E-state index in [4.69, 9.17) is 0 Å². The number of aryl methyl sites for hydroxylation is 1. The second-order valence-corrected chi connectivity index (χ2v) is 8.01. The number of benzene rings is 1. The van der Waals surface area contributed by atoms with Gasteiger partial charge >= 0.3 is 0 Å². The van der Waals surface area contributed by atoms with E-state index >= 15 is 0 Å². The van der Waals surface area contributed by atoms with Gasteiger partial charge in [-0.1, -0.05) is 18.2 Å². The van der Waals surface area contributed by atoms with E-state index in [1.165, 1.54) is 22.2 Å². The molecule has 1 atom stereocenters. The zero-order valence-corrected chi connectivity index (χ0v) is 13.7. The van der Waals surface area contributed by atoms with Gasteiger partial charge in [-0.3, -0.25) is 0 Å². The topological polar surface area (TPSA) is 48.0 Å². The first-order chi connectivity index (χ1) is 10.7. The van der Waals surface area contributed by atoms with Crippen molar-refractivity contribution in [3.05, 3.63) is 35.5 Å². The Balaban J connectivity index is 1.45. The maximum atomic E-state index is 10.6. The molecule has 3 nitrogen and oxygen atoms in total. The van der Waals surface area contributed by atoms with Crippen LogP contribution in [0.1, 0.15) is 30.5 Å². The van der Waals surface area contributed by atoms with Crippen LogP contribution < -0.4 is 5.32 Å². The van der Waals surface area contributed by atoms with Gasteiger partial charge in [0.15, 0.2) is 0 Å². The van der Waals surface area contributed by atoms with Crippen LogP contribution in [0.5, 0.6) is 0 Å². The van der Waals surface area contributed by atoms with Crippen molar-refractivity contribution in [2.24, 2.45) is 0 Å². The monoisotopic (exact) mass is 316 g/mol. The highest BCUT2D eigenvalue weighted by molar-refractivity contribution is 7.99. The molecule has 0 saturated carbocycles. The van der Waals surface area contributed by atoms with E-state index in [0.717, 1.165) is 50.2 Å². The summed E-state index contributed by atoms with van der Waals surface area (Å²) in [6, 6.07) is 9.09. The average Bonchev–Trinajstić information content (AvgIpc) is 2.92. The lowest BCUT2D eigenvalue weighted by Crippen LogP contribution is -2.47. The maximum absolute atomic E-state index is 10.6. The minimum Gasteiger partial charge on any atom is -0.389 e. The maximum Gasteiger partial charge on any atom is 0.0787 e. The van der Waals surface area contributed by atoms with Crippen LogP contribution in [0.15, 0.2) is 24.3 Å². The molecule has 22 heavy (non-hydrogen) atoms. The van der Waals surface area contributed by atoms with E-state index in [9.17, 15) is 5.11 Å². The van der Waals surface area contributed by atoms with Crippen LogP contribution in [-0.4, -0.2) is 39.8 Å². The van der Waals surface area contributed by atoms with E-state index in [-0.39, 0.29) is 0 Å². The third-order valence-corrected chi connectivity index (χ3v) is 6.22. The van der Waals surface area contributed by atoms with Gasteiger partial charge in [-0.25, -0.2) is 0 Å². The van der Waals surface area contributed by atoms with Gasteiger partial charge in [0.2, 0.25) is 0 Å². The number of aromatic amines is 1. The summed E-state index contributed by atoms with van der Waals surface area (Å²) < 4.78 is 0. The van der Waals surface area contributed by atoms with Crippen molar-refractivity contribution < 1.29 is 5.11 Å². The molecular formula is C18H24N2OS. The summed E-state index contributed by atoms with van der Waals surface area (Å²) in [7, 11) is 0. The van der Waals surface area contributed by atoms with Crippen molar-refractivity contribution in [2.75, 3.05) is 18.1 Å². The number of rotatable bonds is 3. The molecule has 1 aromatic carbocycles. The molecule has 0 amide bonds. The fourth-order valence-corrected chi connectivity index (χ4v) is 5.06. The fourth-order valence-electron chi connectivity index (χ4n) is 3.81. The van der Waals surface area contributed by atoms with Crippen molar-refractivity contribution in [1.29, 1.82) is 0 Å². The molecule has 1 saturated heterocycles. The summed E-state index contributed by atoms with van der Waals surface area (Å²) in [5.41, 5.74) is 3.67. The van der Waals surface area contributed by atoms with Gasteiger partial charge in [0.25, 0.3) is 0 Å². The molecule has 1 aliphatic heterocycles. The highest BCUT2D eigenvalue weighted by Crippen LogP contribution is 2.30. The number of aliphatic hydroxyl groups is 1. The highest BCUT2D eigenvalue weighted by Gasteiger charge is 2.31. The summed E-state index contributed by atoms with van der Waals surface area (Å²) in [6.45, 7) is 0.746. The predicted molar refractivity (Wildman–Crippen MR) is 93.6 cm³/mol. The predicted octanol–water partition coefficient (Wildman–Crippen LogP) is 2.87. The zero-order chi connectivity index (χ0) is 15.0. The van der Waals surface area contributed by atoms with Crippen LogP contribution in [0.3, 0.4) is 0 Å². The second-order valence-electron chi connectivity index (χ2n) is 6.79. The molecule has 0 bridgehead atoms. The van der Waals surface area contributed by atoms with Crippen LogP contribution in [0.25, 0.3) is 10.9 Å². The van der Waals surface area contributed by atoms with Gasteiger partial charge in [-0.05, 0) is 55.2 Å². The molecule has 2 aromatic rings. The molecule has 0 spiro atoms.